The molecule has 1 heterocycles. The summed E-state index contributed by atoms with van der Waals surface area (Å²) in [6, 6.07) is 6.85. The molecule has 0 saturated carbocycles. The van der Waals surface area contributed by atoms with Crippen molar-refractivity contribution < 1.29 is 9.53 Å². The lowest BCUT2D eigenvalue weighted by Crippen LogP contribution is -2.36. The summed E-state index contributed by atoms with van der Waals surface area (Å²) in [5.74, 6) is 0.804. The van der Waals surface area contributed by atoms with Crippen molar-refractivity contribution in [1.82, 2.24) is 9.97 Å². The highest BCUT2D eigenvalue weighted by atomic mass is 16.5. The van der Waals surface area contributed by atoms with E-state index in [4.69, 9.17) is 10.5 Å². The fourth-order valence-electron chi connectivity index (χ4n) is 2.12. The number of aromatic nitrogens is 2. The van der Waals surface area contributed by atoms with E-state index in [2.05, 4.69) is 15.3 Å². The van der Waals surface area contributed by atoms with Gasteiger partial charge in [0.2, 0.25) is 5.91 Å². The molecular weight excluding hydrogens is 292 g/mol. The first-order chi connectivity index (χ1) is 11.0. The first-order valence-corrected chi connectivity index (χ1v) is 7.57. The van der Waals surface area contributed by atoms with Crippen LogP contribution in [-0.4, -0.2) is 21.9 Å². The SMILES string of the molecule is Cc1cc(Oc2ncccn2)ccc1NC(=O)[C@@H](N)CC(C)C. The third kappa shape index (κ3) is 5.03. The van der Waals surface area contributed by atoms with Crippen molar-refractivity contribution in [3.8, 4) is 11.8 Å². The van der Waals surface area contributed by atoms with Crippen LogP contribution in [0.2, 0.25) is 0 Å². The van der Waals surface area contributed by atoms with Crippen LogP contribution in [0.1, 0.15) is 25.8 Å². The van der Waals surface area contributed by atoms with Gasteiger partial charge >= 0.3 is 6.01 Å². The topological polar surface area (TPSA) is 90.1 Å². The number of nitrogens with two attached hydrogens (primary N) is 1. The van der Waals surface area contributed by atoms with Gasteiger partial charge in [-0.3, -0.25) is 4.79 Å². The number of carbonyl (C=O) groups is 1. The van der Waals surface area contributed by atoms with Gasteiger partial charge in [-0.15, -0.1) is 0 Å². The zero-order valence-electron chi connectivity index (χ0n) is 13.6. The summed E-state index contributed by atoms with van der Waals surface area (Å²) in [6.45, 7) is 5.97. The van der Waals surface area contributed by atoms with Gasteiger partial charge in [-0.05, 0) is 49.1 Å². The van der Waals surface area contributed by atoms with E-state index in [1.165, 1.54) is 0 Å². The molecule has 2 rings (SSSR count). The van der Waals surface area contributed by atoms with E-state index < -0.39 is 6.04 Å². The van der Waals surface area contributed by atoms with Gasteiger partial charge in [0, 0.05) is 18.1 Å². The van der Waals surface area contributed by atoms with Gasteiger partial charge in [0.25, 0.3) is 0 Å². The van der Waals surface area contributed by atoms with Crippen LogP contribution >= 0.6 is 0 Å². The summed E-state index contributed by atoms with van der Waals surface area (Å²) in [6.07, 6.45) is 3.87. The molecule has 2 aromatic rings. The second-order valence-corrected chi connectivity index (χ2v) is 5.84. The van der Waals surface area contributed by atoms with Crippen LogP contribution in [0, 0.1) is 12.8 Å². The molecule has 0 aliphatic rings. The molecule has 0 aliphatic carbocycles. The third-order valence-corrected chi connectivity index (χ3v) is 3.27. The summed E-state index contributed by atoms with van der Waals surface area (Å²) < 4.78 is 5.56. The van der Waals surface area contributed by atoms with E-state index >= 15 is 0 Å². The van der Waals surface area contributed by atoms with Gasteiger partial charge in [0.15, 0.2) is 0 Å². The van der Waals surface area contributed by atoms with Crippen LogP contribution in [0.15, 0.2) is 36.7 Å². The minimum atomic E-state index is -0.511. The van der Waals surface area contributed by atoms with E-state index in [1.807, 2.05) is 26.8 Å². The summed E-state index contributed by atoms with van der Waals surface area (Å²) >= 11 is 0. The Morgan fingerprint density at radius 2 is 2.00 bits per heavy atom. The molecule has 0 radical (unpaired) electrons. The fraction of sp³-hybridized carbons (Fsp3) is 0.353. The lowest BCUT2D eigenvalue weighted by atomic mass is 10.0. The number of hydrogen-bond acceptors (Lipinski definition) is 5. The van der Waals surface area contributed by atoms with E-state index in [0.29, 0.717) is 18.1 Å². The van der Waals surface area contributed by atoms with E-state index in [1.54, 1.807) is 30.6 Å². The Kier molecular flexibility index (Phi) is 5.65. The molecule has 0 saturated heterocycles. The van der Waals surface area contributed by atoms with Gasteiger partial charge in [0.1, 0.15) is 5.75 Å². The summed E-state index contributed by atoms with van der Waals surface area (Å²) in [5.41, 5.74) is 7.49. The Morgan fingerprint density at radius 1 is 1.30 bits per heavy atom. The van der Waals surface area contributed by atoms with Gasteiger partial charge in [-0.1, -0.05) is 13.8 Å². The van der Waals surface area contributed by atoms with E-state index in [9.17, 15) is 4.79 Å². The number of nitrogens with one attached hydrogen (secondary N) is 1. The van der Waals surface area contributed by atoms with Crippen LogP contribution in [0.25, 0.3) is 0 Å². The third-order valence-electron chi connectivity index (χ3n) is 3.27. The summed E-state index contributed by atoms with van der Waals surface area (Å²) in [5, 5.41) is 2.86. The number of aryl methyl sites for hydroxylation is 1. The van der Waals surface area contributed by atoms with E-state index in [0.717, 1.165) is 11.3 Å². The minimum absolute atomic E-state index is 0.179. The van der Waals surface area contributed by atoms with Crippen molar-refractivity contribution in [3.63, 3.8) is 0 Å². The standard InChI is InChI=1S/C17H22N4O2/c1-11(2)9-14(18)16(22)21-15-6-5-13(10-12(15)3)23-17-19-7-4-8-20-17/h4-8,10-11,14H,9,18H2,1-3H3,(H,21,22)/t14-/m0/s1. The zero-order chi connectivity index (χ0) is 16.8. The zero-order valence-corrected chi connectivity index (χ0v) is 13.6. The van der Waals surface area contributed by atoms with Gasteiger partial charge in [-0.25, -0.2) is 9.97 Å². The molecule has 1 atom stereocenters. The molecule has 1 aromatic carbocycles. The number of carbonyl (C=O) groups excluding carboxylic acids is 1. The Morgan fingerprint density at radius 3 is 2.61 bits per heavy atom. The van der Waals surface area contributed by atoms with Gasteiger partial charge in [-0.2, -0.15) is 0 Å². The number of ether oxygens (including phenoxy) is 1. The fourth-order valence-corrected chi connectivity index (χ4v) is 2.12. The number of hydrogen-bond donors (Lipinski definition) is 2. The Labute approximate surface area is 136 Å². The van der Waals surface area contributed by atoms with Crippen molar-refractivity contribution in [2.45, 2.75) is 33.2 Å². The van der Waals surface area contributed by atoms with Crippen molar-refractivity contribution in [2.24, 2.45) is 11.7 Å². The quantitative estimate of drug-likeness (QED) is 0.855. The molecular formula is C17H22N4O2. The van der Waals surface area contributed by atoms with Gasteiger partial charge < -0.3 is 15.8 Å². The molecule has 6 heteroatoms. The van der Waals surface area contributed by atoms with Crippen LogP contribution in [0.3, 0.4) is 0 Å². The largest absolute Gasteiger partial charge is 0.424 e. The highest BCUT2D eigenvalue weighted by Gasteiger charge is 2.16. The smallest absolute Gasteiger partial charge is 0.321 e. The van der Waals surface area contributed by atoms with Crippen molar-refractivity contribution in [2.75, 3.05) is 5.32 Å². The lowest BCUT2D eigenvalue weighted by molar-refractivity contribution is -0.117. The first-order valence-electron chi connectivity index (χ1n) is 7.57. The first kappa shape index (κ1) is 16.9. The summed E-state index contributed by atoms with van der Waals surface area (Å²) in [7, 11) is 0. The van der Waals surface area contributed by atoms with Crippen LogP contribution in [0.4, 0.5) is 5.69 Å². The monoisotopic (exact) mass is 314 g/mol. The number of nitrogens with zero attached hydrogens (tertiary/aromatic N) is 2. The average Bonchev–Trinajstić information content (AvgIpc) is 2.50. The molecule has 0 fully saturated rings. The van der Waals surface area contributed by atoms with Crippen molar-refractivity contribution in [3.05, 3.63) is 42.2 Å². The summed E-state index contributed by atoms with van der Waals surface area (Å²) in [4.78, 5) is 20.1. The number of benzene rings is 1. The average molecular weight is 314 g/mol. The Hall–Kier alpha value is -2.47. The Balaban J connectivity index is 2.03. The molecule has 122 valence electrons. The van der Waals surface area contributed by atoms with Crippen LogP contribution in [0.5, 0.6) is 11.8 Å². The second-order valence-electron chi connectivity index (χ2n) is 5.84. The molecule has 1 amide bonds. The second kappa shape index (κ2) is 7.69. The van der Waals surface area contributed by atoms with E-state index in [-0.39, 0.29) is 11.9 Å². The number of anilines is 1. The predicted octanol–water partition coefficient (Wildman–Crippen LogP) is 2.89. The maximum absolute atomic E-state index is 12.1. The molecule has 0 aliphatic heterocycles. The number of amides is 1. The Bertz CT molecular complexity index is 659. The highest BCUT2D eigenvalue weighted by molar-refractivity contribution is 5.95. The predicted molar refractivity (Wildman–Crippen MR) is 89.3 cm³/mol. The van der Waals surface area contributed by atoms with Crippen molar-refractivity contribution >= 4 is 11.6 Å². The normalized spacial score (nSPS) is 12.0. The maximum Gasteiger partial charge on any atom is 0.321 e. The molecule has 6 nitrogen and oxygen atoms in total. The molecule has 23 heavy (non-hydrogen) atoms. The molecule has 0 bridgehead atoms. The minimum Gasteiger partial charge on any atom is -0.424 e. The molecule has 0 spiro atoms. The maximum atomic E-state index is 12.1. The molecule has 0 unspecified atom stereocenters. The van der Waals surface area contributed by atoms with Crippen LogP contribution in [-0.2, 0) is 4.79 Å². The van der Waals surface area contributed by atoms with Crippen LogP contribution < -0.4 is 15.8 Å². The van der Waals surface area contributed by atoms with Crippen molar-refractivity contribution in [1.29, 1.82) is 0 Å². The number of rotatable bonds is 6. The lowest BCUT2D eigenvalue weighted by Gasteiger charge is -2.15. The molecule has 1 aromatic heterocycles. The molecule has 3 N–H and O–H groups in total. The van der Waals surface area contributed by atoms with Gasteiger partial charge in [0.05, 0.1) is 6.04 Å². The highest BCUT2D eigenvalue weighted by Crippen LogP contribution is 2.24.